The number of carbonyl (C=O) groups is 1. The average molecular weight is 284 g/mol. The first-order valence-corrected chi connectivity index (χ1v) is 6.02. The molecule has 6 heteroatoms. The van der Waals surface area contributed by atoms with Gasteiger partial charge in [-0.05, 0) is 30.3 Å². The molecule has 1 atom stereocenters. The van der Waals surface area contributed by atoms with Crippen LogP contribution in [0.5, 0.6) is 5.75 Å². The van der Waals surface area contributed by atoms with E-state index in [1.165, 1.54) is 18.2 Å². The first-order valence-electron chi connectivity index (χ1n) is 6.02. The normalized spacial score (nSPS) is 11.4. The third kappa shape index (κ3) is 3.29. The summed E-state index contributed by atoms with van der Waals surface area (Å²) in [5.41, 5.74) is 1.03. The van der Waals surface area contributed by atoms with Gasteiger partial charge >= 0.3 is 5.97 Å². The monoisotopic (exact) mass is 284 g/mol. The summed E-state index contributed by atoms with van der Waals surface area (Å²) < 4.78 is 0. The molecule has 0 saturated carbocycles. The van der Waals surface area contributed by atoms with Gasteiger partial charge in [0.25, 0.3) is 0 Å². The van der Waals surface area contributed by atoms with Gasteiger partial charge in [0.05, 0.1) is 22.9 Å². The predicted molar refractivity (Wildman–Crippen MR) is 74.8 cm³/mol. The first-order chi connectivity index (χ1) is 10.0. The number of aromatic hydroxyl groups is 1. The number of phenolic OH excluding ortho intramolecular Hbond substituents is 1. The van der Waals surface area contributed by atoms with Crippen LogP contribution in [0.1, 0.15) is 27.7 Å². The molecule has 21 heavy (non-hydrogen) atoms. The quantitative estimate of drug-likeness (QED) is 0.505. The van der Waals surface area contributed by atoms with Gasteiger partial charge in [-0.15, -0.1) is 0 Å². The summed E-state index contributed by atoms with van der Waals surface area (Å²) in [6, 6.07) is 11.9. The molecule has 2 rings (SSSR count). The number of nitrogens with one attached hydrogen (secondary N) is 1. The largest absolute Gasteiger partial charge is 0.506 e. The number of benzene rings is 2. The number of phenols is 1. The minimum atomic E-state index is -1.15. The van der Waals surface area contributed by atoms with Gasteiger partial charge in [0, 0.05) is 5.56 Å². The number of rotatable bonds is 4. The molecule has 0 fully saturated rings. The molecule has 0 radical (unpaired) electrons. The molecule has 0 aliphatic rings. The topological polar surface area (TPSA) is 114 Å². The molecule has 0 aliphatic carbocycles. The lowest BCUT2D eigenvalue weighted by Crippen LogP contribution is -2.10. The Labute approximate surface area is 120 Å². The lowest BCUT2D eigenvalue weighted by atomic mass is 10.1. The van der Waals surface area contributed by atoms with E-state index in [-0.39, 0.29) is 17.0 Å². The van der Waals surface area contributed by atoms with Crippen LogP contribution in [0.15, 0.2) is 42.5 Å². The fourth-order valence-corrected chi connectivity index (χ4v) is 1.76. The SMILES string of the molecule is N#Cc1ccc(C(O)Nc2cc(C(=O)O)ccc2O)cc1. The van der Waals surface area contributed by atoms with E-state index in [4.69, 9.17) is 10.4 Å². The number of aromatic carboxylic acids is 1. The Kier molecular flexibility index (Phi) is 4.07. The van der Waals surface area contributed by atoms with E-state index >= 15 is 0 Å². The Morgan fingerprint density at radius 3 is 2.43 bits per heavy atom. The van der Waals surface area contributed by atoms with E-state index in [0.29, 0.717) is 11.1 Å². The number of hydrogen-bond donors (Lipinski definition) is 4. The first kappa shape index (κ1) is 14.4. The lowest BCUT2D eigenvalue weighted by molar-refractivity contribution is 0.0697. The minimum Gasteiger partial charge on any atom is -0.506 e. The van der Waals surface area contributed by atoms with Crippen molar-refractivity contribution in [3.63, 3.8) is 0 Å². The molecule has 2 aromatic carbocycles. The van der Waals surface area contributed by atoms with Crippen LogP contribution in [0.3, 0.4) is 0 Å². The van der Waals surface area contributed by atoms with Crippen LogP contribution in [0, 0.1) is 11.3 Å². The van der Waals surface area contributed by atoms with E-state index in [1.807, 2.05) is 6.07 Å². The molecular formula is C15H12N2O4. The minimum absolute atomic E-state index is 0.0117. The molecule has 0 heterocycles. The van der Waals surface area contributed by atoms with Crippen LogP contribution in [0.4, 0.5) is 5.69 Å². The summed E-state index contributed by atoms with van der Waals surface area (Å²) in [6.07, 6.45) is -1.15. The van der Waals surface area contributed by atoms with Crippen molar-refractivity contribution in [3.8, 4) is 11.8 Å². The van der Waals surface area contributed by atoms with Gasteiger partial charge in [-0.3, -0.25) is 0 Å². The Bertz CT molecular complexity index is 705. The maximum absolute atomic E-state index is 10.9. The molecule has 0 saturated heterocycles. The molecule has 2 aromatic rings. The third-order valence-electron chi connectivity index (χ3n) is 2.89. The average Bonchev–Trinajstić information content (AvgIpc) is 2.49. The second-order valence-electron chi connectivity index (χ2n) is 4.32. The van der Waals surface area contributed by atoms with Crippen molar-refractivity contribution in [1.82, 2.24) is 0 Å². The fraction of sp³-hybridized carbons (Fsp3) is 0.0667. The number of nitriles is 1. The highest BCUT2D eigenvalue weighted by atomic mass is 16.4. The molecular weight excluding hydrogens is 272 g/mol. The summed E-state index contributed by atoms with van der Waals surface area (Å²) in [5.74, 6) is -1.31. The maximum Gasteiger partial charge on any atom is 0.335 e. The number of aliphatic hydroxyl groups is 1. The number of aliphatic hydroxyl groups excluding tert-OH is 1. The second-order valence-corrected chi connectivity index (χ2v) is 4.32. The third-order valence-corrected chi connectivity index (χ3v) is 2.89. The van der Waals surface area contributed by atoms with Crippen LogP contribution in [-0.4, -0.2) is 21.3 Å². The van der Waals surface area contributed by atoms with Crippen molar-refractivity contribution in [1.29, 1.82) is 5.26 Å². The molecule has 0 aliphatic heterocycles. The van der Waals surface area contributed by atoms with Gasteiger partial charge in [0.15, 0.2) is 6.23 Å². The molecule has 1 unspecified atom stereocenters. The molecule has 106 valence electrons. The molecule has 0 amide bonds. The molecule has 0 bridgehead atoms. The zero-order chi connectivity index (χ0) is 15.4. The van der Waals surface area contributed by atoms with E-state index in [2.05, 4.69) is 5.32 Å². The number of carboxylic acids is 1. The highest BCUT2D eigenvalue weighted by Gasteiger charge is 2.12. The number of carboxylic acid groups (broad SMARTS) is 1. The summed E-state index contributed by atoms with van der Waals surface area (Å²) in [4.78, 5) is 10.9. The van der Waals surface area contributed by atoms with Crippen molar-refractivity contribution < 1.29 is 20.1 Å². The zero-order valence-electron chi connectivity index (χ0n) is 10.8. The molecule has 0 spiro atoms. The van der Waals surface area contributed by atoms with E-state index < -0.39 is 12.2 Å². The van der Waals surface area contributed by atoms with Crippen molar-refractivity contribution in [2.24, 2.45) is 0 Å². The van der Waals surface area contributed by atoms with Gasteiger partial charge in [-0.1, -0.05) is 12.1 Å². The van der Waals surface area contributed by atoms with Crippen molar-refractivity contribution in [3.05, 3.63) is 59.2 Å². The summed E-state index contributed by atoms with van der Waals surface area (Å²) >= 11 is 0. The van der Waals surface area contributed by atoms with Crippen LogP contribution in [-0.2, 0) is 0 Å². The summed E-state index contributed by atoms with van der Waals surface area (Å²) in [5, 5.41) is 40.0. The van der Waals surface area contributed by atoms with Gasteiger partial charge in [0.1, 0.15) is 5.75 Å². The smallest absolute Gasteiger partial charge is 0.335 e. The maximum atomic E-state index is 10.9. The number of anilines is 1. The highest BCUT2D eigenvalue weighted by molar-refractivity contribution is 5.89. The standard InChI is InChI=1S/C15H12N2O4/c16-8-9-1-3-10(4-2-9)14(19)17-12-7-11(15(20)21)5-6-13(12)18/h1-7,14,17-19H,(H,20,21). The molecule has 0 aromatic heterocycles. The molecule has 6 nitrogen and oxygen atoms in total. The van der Waals surface area contributed by atoms with Crippen LogP contribution >= 0.6 is 0 Å². The van der Waals surface area contributed by atoms with Gasteiger partial charge in [0.2, 0.25) is 0 Å². The lowest BCUT2D eigenvalue weighted by Gasteiger charge is -2.16. The highest BCUT2D eigenvalue weighted by Crippen LogP contribution is 2.27. The second kappa shape index (κ2) is 5.94. The predicted octanol–water partition coefficient (Wildman–Crippen LogP) is 2.07. The Hall–Kier alpha value is -3.04. The Morgan fingerprint density at radius 2 is 1.86 bits per heavy atom. The Morgan fingerprint density at radius 1 is 1.19 bits per heavy atom. The van der Waals surface area contributed by atoms with Gasteiger partial charge in [-0.25, -0.2) is 4.79 Å². The fourth-order valence-electron chi connectivity index (χ4n) is 1.76. The summed E-state index contributed by atoms with van der Waals surface area (Å²) in [6.45, 7) is 0. The van der Waals surface area contributed by atoms with Crippen molar-refractivity contribution in [2.45, 2.75) is 6.23 Å². The van der Waals surface area contributed by atoms with Crippen molar-refractivity contribution >= 4 is 11.7 Å². The zero-order valence-corrected chi connectivity index (χ0v) is 10.8. The van der Waals surface area contributed by atoms with Crippen LogP contribution < -0.4 is 5.32 Å². The number of nitrogens with zero attached hydrogens (tertiary/aromatic N) is 1. The Balaban J connectivity index is 2.22. The van der Waals surface area contributed by atoms with E-state index in [1.54, 1.807) is 24.3 Å². The van der Waals surface area contributed by atoms with Crippen LogP contribution in [0.2, 0.25) is 0 Å². The van der Waals surface area contributed by atoms with E-state index in [9.17, 15) is 15.0 Å². The number of hydrogen-bond acceptors (Lipinski definition) is 5. The van der Waals surface area contributed by atoms with Gasteiger partial charge < -0.3 is 20.6 Å². The van der Waals surface area contributed by atoms with Crippen molar-refractivity contribution in [2.75, 3.05) is 5.32 Å². The van der Waals surface area contributed by atoms with Crippen LogP contribution in [0.25, 0.3) is 0 Å². The summed E-state index contributed by atoms with van der Waals surface area (Å²) in [7, 11) is 0. The van der Waals surface area contributed by atoms with E-state index in [0.717, 1.165) is 0 Å². The van der Waals surface area contributed by atoms with Gasteiger partial charge in [-0.2, -0.15) is 5.26 Å². The molecule has 4 N–H and O–H groups in total.